The first-order valence-electron chi connectivity index (χ1n) is 6.26. The third-order valence-electron chi connectivity index (χ3n) is 3.00. The topological polar surface area (TPSA) is 79.1 Å². The van der Waals surface area contributed by atoms with Gasteiger partial charge in [0.2, 0.25) is 0 Å². The van der Waals surface area contributed by atoms with E-state index in [1.807, 2.05) is 38.1 Å². The van der Waals surface area contributed by atoms with Gasteiger partial charge in [-0.1, -0.05) is 32.0 Å². The van der Waals surface area contributed by atoms with Gasteiger partial charge in [-0.15, -0.1) is 0 Å². The molecule has 102 valence electrons. The molecule has 1 heterocycles. The van der Waals surface area contributed by atoms with E-state index < -0.39 is 0 Å². The highest BCUT2D eigenvalue weighted by Crippen LogP contribution is 2.28. The molecule has 0 saturated carbocycles. The second-order valence-corrected chi connectivity index (χ2v) is 4.86. The summed E-state index contributed by atoms with van der Waals surface area (Å²) in [5.41, 5.74) is 8.80. The summed E-state index contributed by atoms with van der Waals surface area (Å²) in [7, 11) is 1.67. The van der Waals surface area contributed by atoms with E-state index in [1.165, 1.54) is 4.68 Å². The predicted molar refractivity (Wildman–Crippen MR) is 77.0 cm³/mol. The fraction of sp³-hybridized carbons (Fsp3) is 0.357. The second kappa shape index (κ2) is 5.32. The summed E-state index contributed by atoms with van der Waals surface area (Å²) in [6.45, 7) is 4.64. The third kappa shape index (κ3) is 2.56. The Morgan fingerprint density at radius 3 is 2.68 bits per heavy atom. The molecule has 0 radical (unpaired) electrons. The Kier molecular flexibility index (Phi) is 3.76. The fourth-order valence-electron chi connectivity index (χ4n) is 2.06. The number of nitrogens with two attached hydrogens (primary N) is 2. The van der Waals surface area contributed by atoms with Gasteiger partial charge in [0.25, 0.3) is 0 Å². The van der Waals surface area contributed by atoms with Gasteiger partial charge in [-0.3, -0.25) is 0 Å². The Labute approximate surface area is 113 Å². The highest BCUT2D eigenvalue weighted by molar-refractivity contribution is 5.71. The van der Waals surface area contributed by atoms with Crippen molar-refractivity contribution in [3.05, 3.63) is 35.7 Å². The standard InChI is InChI=1S/C14H20N4O/c1-9(2)14-17-12(13(15)18(14)16)11-6-4-5-10(7-11)8-19-3/h4-7,9H,8,15-16H2,1-3H3. The third-order valence-corrected chi connectivity index (χ3v) is 3.00. The zero-order valence-electron chi connectivity index (χ0n) is 11.6. The molecule has 1 aromatic heterocycles. The highest BCUT2D eigenvalue weighted by atomic mass is 16.5. The molecule has 0 aliphatic carbocycles. The van der Waals surface area contributed by atoms with Crippen LogP contribution < -0.4 is 11.6 Å². The van der Waals surface area contributed by atoms with Gasteiger partial charge < -0.3 is 16.3 Å². The number of nitrogen functional groups attached to an aromatic ring is 2. The summed E-state index contributed by atoms with van der Waals surface area (Å²) < 4.78 is 6.60. The summed E-state index contributed by atoms with van der Waals surface area (Å²) in [6.07, 6.45) is 0. The maximum atomic E-state index is 6.04. The Morgan fingerprint density at radius 2 is 2.11 bits per heavy atom. The van der Waals surface area contributed by atoms with Crippen LogP contribution in [0.2, 0.25) is 0 Å². The first-order chi connectivity index (χ1) is 9.04. The van der Waals surface area contributed by atoms with E-state index in [0.29, 0.717) is 12.4 Å². The van der Waals surface area contributed by atoms with E-state index >= 15 is 0 Å². The smallest absolute Gasteiger partial charge is 0.150 e. The fourth-order valence-corrected chi connectivity index (χ4v) is 2.06. The van der Waals surface area contributed by atoms with Crippen molar-refractivity contribution in [3.63, 3.8) is 0 Å². The summed E-state index contributed by atoms with van der Waals surface area (Å²) in [5, 5.41) is 0. The monoisotopic (exact) mass is 260 g/mol. The van der Waals surface area contributed by atoms with Crippen molar-refractivity contribution in [2.24, 2.45) is 0 Å². The van der Waals surface area contributed by atoms with Crippen molar-refractivity contribution < 1.29 is 4.74 Å². The van der Waals surface area contributed by atoms with Crippen LogP contribution in [0.4, 0.5) is 5.82 Å². The van der Waals surface area contributed by atoms with E-state index in [1.54, 1.807) is 7.11 Å². The van der Waals surface area contributed by atoms with E-state index in [9.17, 15) is 0 Å². The lowest BCUT2D eigenvalue weighted by atomic mass is 10.1. The normalized spacial score (nSPS) is 11.2. The van der Waals surface area contributed by atoms with E-state index in [0.717, 1.165) is 22.6 Å². The Balaban J connectivity index is 2.47. The number of rotatable bonds is 4. The first-order valence-corrected chi connectivity index (χ1v) is 6.26. The van der Waals surface area contributed by atoms with E-state index in [4.69, 9.17) is 16.3 Å². The van der Waals surface area contributed by atoms with Crippen LogP contribution in [0.5, 0.6) is 0 Å². The quantitative estimate of drug-likeness (QED) is 0.825. The molecule has 5 heteroatoms. The summed E-state index contributed by atoms with van der Waals surface area (Å²) in [6, 6.07) is 7.97. The zero-order chi connectivity index (χ0) is 14.0. The van der Waals surface area contributed by atoms with Crippen LogP contribution in [0.25, 0.3) is 11.3 Å². The summed E-state index contributed by atoms with van der Waals surface area (Å²) >= 11 is 0. The van der Waals surface area contributed by atoms with Gasteiger partial charge in [0, 0.05) is 18.6 Å². The van der Waals surface area contributed by atoms with Crippen LogP contribution in [0.3, 0.4) is 0 Å². The Bertz CT molecular complexity index is 575. The minimum Gasteiger partial charge on any atom is -0.382 e. The van der Waals surface area contributed by atoms with Crippen molar-refractivity contribution in [2.45, 2.75) is 26.4 Å². The molecule has 19 heavy (non-hydrogen) atoms. The minimum absolute atomic E-state index is 0.225. The van der Waals surface area contributed by atoms with Crippen LogP contribution >= 0.6 is 0 Å². The average molecular weight is 260 g/mol. The number of anilines is 1. The maximum Gasteiger partial charge on any atom is 0.150 e. The van der Waals surface area contributed by atoms with Crippen LogP contribution in [-0.4, -0.2) is 16.8 Å². The number of hydrogen-bond donors (Lipinski definition) is 2. The molecule has 2 rings (SSSR count). The molecule has 0 bridgehead atoms. The molecule has 0 unspecified atom stereocenters. The zero-order valence-corrected chi connectivity index (χ0v) is 11.6. The number of benzene rings is 1. The number of imidazole rings is 1. The van der Waals surface area contributed by atoms with Crippen LogP contribution in [0.15, 0.2) is 24.3 Å². The number of hydrogen-bond acceptors (Lipinski definition) is 4. The molecule has 0 atom stereocenters. The van der Waals surface area contributed by atoms with Gasteiger partial charge in [0.15, 0.2) is 5.82 Å². The number of ether oxygens (including phenoxy) is 1. The van der Waals surface area contributed by atoms with Gasteiger partial charge in [0.1, 0.15) is 11.5 Å². The largest absolute Gasteiger partial charge is 0.382 e. The van der Waals surface area contributed by atoms with Gasteiger partial charge >= 0.3 is 0 Å². The van der Waals surface area contributed by atoms with E-state index in [2.05, 4.69) is 4.98 Å². The molecule has 1 aromatic carbocycles. The lowest BCUT2D eigenvalue weighted by Gasteiger charge is -2.04. The average Bonchev–Trinajstić information content (AvgIpc) is 2.67. The molecule has 2 aromatic rings. The molecule has 0 fully saturated rings. The minimum atomic E-state index is 0.225. The Hall–Kier alpha value is -2.01. The molecule has 0 saturated heterocycles. The molecule has 5 nitrogen and oxygen atoms in total. The molecule has 0 amide bonds. The van der Waals surface area contributed by atoms with Crippen molar-refractivity contribution in [3.8, 4) is 11.3 Å². The number of nitrogens with zero attached hydrogens (tertiary/aromatic N) is 2. The molecule has 0 aliphatic heterocycles. The van der Waals surface area contributed by atoms with Gasteiger partial charge in [-0.05, 0) is 11.6 Å². The van der Waals surface area contributed by atoms with Crippen LogP contribution in [-0.2, 0) is 11.3 Å². The Morgan fingerprint density at radius 1 is 1.37 bits per heavy atom. The van der Waals surface area contributed by atoms with Gasteiger partial charge in [-0.25, -0.2) is 9.66 Å². The van der Waals surface area contributed by atoms with Crippen molar-refractivity contribution >= 4 is 5.82 Å². The van der Waals surface area contributed by atoms with E-state index in [-0.39, 0.29) is 5.92 Å². The second-order valence-electron chi connectivity index (χ2n) is 4.86. The lowest BCUT2D eigenvalue weighted by Crippen LogP contribution is -2.16. The van der Waals surface area contributed by atoms with Gasteiger partial charge in [0.05, 0.1) is 6.61 Å². The summed E-state index contributed by atoms with van der Waals surface area (Å²) in [5.74, 6) is 7.43. The van der Waals surface area contributed by atoms with Crippen molar-refractivity contribution in [2.75, 3.05) is 18.7 Å². The molecule has 0 spiro atoms. The molecule has 0 aliphatic rings. The number of methoxy groups -OCH3 is 1. The molecular weight excluding hydrogens is 240 g/mol. The number of aromatic nitrogens is 2. The van der Waals surface area contributed by atoms with Gasteiger partial charge in [-0.2, -0.15) is 0 Å². The summed E-state index contributed by atoms with van der Waals surface area (Å²) in [4.78, 5) is 4.55. The first kappa shape index (κ1) is 13.4. The van der Waals surface area contributed by atoms with Crippen LogP contribution in [0, 0.1) is 0 Å². The maximum absolute atomic E-state index is 6.04. The van der Waals surface area contributed by atoms with Crippen LogP contribution in [0.1, 0.15) is 31.2 Å². The molecular formula is C14H20N4O. The lowest BCUT2D eigenvalue weighted by molar-refractivity contribution is 0.185. The SMILES string of the molecule is COCc1cccc(-c2nc(C(C)C)n(N)c2N)c1. The molecule has 4 N–H and O–H groups in total. The predicted octanol–water partition coefficient (Wildman–Crippen LogP) is 2.12. The van der Waals surface area contributed by atoms with Crippen molar-refractivity contribution in [1.29, 1.82) is 0 Å². The van der Waals surface area contributed by atoms with Crippen molar-refractivity contribution in [1.82, 2.24) is 9.66 Å². The highest BCUT2D eigenvalue weighted by Gasteiger charge is 2.16.